The molecular formula is C18H28N2O3S. The first-order chi connectivity index (χ1) is 11.2. The summed E-state index contributed by atoms with van der Waals surface area (Å²) in [4.78, 5) is 14.6. The van der Waals surface area contributed by atoms with Crippen LogP contribution in [0.3, 0.4) is 0 Å². The molecule has 1 aliphatic rings. The van der Waals surface area contributed by atoms with E-state index in [-0.39, 0.29) is 5.91 Å². The summed E-state index contributed by atoms with van der Waals surface area (Å²) in [5.41, 5.74) is 1.68. The van der Waals surface area contributed by atoms with Crippen molar-refractivity contribution >= 4 is 21.6 Å². The molecule has 1 amide bonds. The molecule has 0 aliphatic carbocycles. The minimum atomic E-state index is -3.55. The third-order valence-corrected chi connectivity index (χ3v) is 6.00. The van der Waals surface area contributed by atoms with E-state index in [0.29, 0.717) is 24.7 Å². The summed E-state index contributed by atoms with van der Waals surface area (Å²) in [6.07, 6.45) is 3.99. The van der Waals surface area contributed by atoms with E-state index in [2.05, 4.69) is 6.92 Å². The number of carbonyl (C=O) groups excluding carboxylic acids is 1. The second-order valence-electron chi connectivity index (χ2n) is 6.76. The third kappa shape index (κ3) is 4.29. The van der Waals surface area contributed by atoms with Crippen molar-refractivity contribution < 1.29 is 13.2 Å². The fourth-order valence-electron chi connectivity index (χ4n) is 3.17. The number of benzene rings is 1. The molecule has 24 heavy (non-hydrogen) atoms. The molecule has 2 rings (SSSR count). The highest BCUT2D eigenvalue weighted by Gasteiger charge is 2.33. The first kappa shape index (κ1) is 18.8. The number of piperidine rings is 1. The molecule has 134 valence electrons. The quantitative estimate of drug-likeness (QED) is 0.818. The molecule has 0 radical (unpaired) electrons. The summed E-state index contributed by atoms with van der Waals surface area (Å²) >= 11 is 0. The molecule has 0 N–H and O–H groups in total. The number of anilines is 1. The Bertz CT molecular complexity index is 662. The highest BCUT2D eigenvalue weighted by atomic mass is 32.2. The van der Waals surface area contributed by atoms with Gasteiger partial charge in [0.15, 0.2) is 0 Å². The van der Waals surface area contributed by atoms with E-state index in [1.807, 2.05) is 19.1 Å². The molecule has 1 saturated heterocycles. The van der Waals surface area contributed by atoms with Crippen molar-refractivity contribution in [2.75, 3.05) is 23.7 Å². The molecule has 6 heteroatoms. The maximum atomic E-state index is 12.8. The molecule has 0 spiro atoms. The predicted molar refractivity (Wildman–Crippen MR) is 97.6 cm³/mol. The number of nitrogens with zero attached hydrogens (tertiary/aromatic N) is 2. The lowest BCUT2D eigenvalue weighted by Crippen LogP contribution is -2.51. The summed E-state index contributed by atoms with van der Waals surface area (Å²) in [7, 11) is -3.55. The van der Waals surface area contributed by atoms with Gasteiger partial charge in [0.05, 0.1) is 11.9 Å². The van der Waals surface area contributed by atoms with Crippen LogP contribution < -0.4 is 4.31 Å². The largest absolute Gasteiger partial charge is 0.341 e. The SMILES string of the molecule is CCc1ccc(N(C(C)C(=O)N2CCC(C)CC2)S(C)(=O)=O)cc1. The van der Waals surface area contributed by atoms with Gasteiger partial charge in [-0.2, -0.15) is 0 Å². The molecule has 1 unspecified atom stereocenters. The van der Waals surface area contributed by atoms with Crippen LogP contribution in [0.2, 0.25) is 0 Å². The van der Waals surface area contributed by atoms with Gasteiger partial charge in [0.25, 0.3) is 0 Å². The Kier molecular flexibility index (Phi) is 5.91. The lowest BCUT2D eigenvalue weighted by atomic mass is 9.99. The highest BCUT2D eigenvalue weighted by molar-refractivity contribution is 7.92. The average Bonchev–Trinajstić information content (AvgIpc) is 2.54. The molecule has 1 aromatic carbocycles. The molecular weight excluding hydrogens is 324 g/mol. The molecule has 1 heterocycles. The normalized spacial score (nSPS) is 17.6. The number of likely N-dealkylation sites (tertiary alicyclic amines) is 1. The molecule has 1 aliphatic heterocycles. The zero-order chi connectivity index (χ0) is 17.9. The smallest absolute Gasteiger partial charge is 0.246 e. The van der Waals surface area contributed by atoms with Crippen molar-refractivity contribution in [1.82, 2.24) is 4.90 Å². The Balaban J connectivity index is 2.25. The van der Waals surface area contributed by atoms with Crippen LogP contribution >= 0.6 is 0 Å². The van der Waals surface area contributed by atoms with Crippen LogP contribution in [0.1, 0.15) is 39.2 Å². The number of aryl methyl sites for hydroxylation is 1. The lowest BCUT2D eigenvalue weighted by Gasteiger charge is -2.36. The zero-order valence-electron chi connectivity index (χ0n) is 15.0. The fraction of sp³-hybridized carbons (Fsp3) is 0.611. The molecule has 1 fully saturated rings. The monoisotopic (exact) mass is 352 g/mol. The van der Waals surface area contributed by atoms with E-state index in [4.69, 9.17) is 0 Å². The van der Waals surface area contributed by atoms with Crippen LogP contribution in [0.4, 0.5) is 5.69 Å². The number of sulfonamides is 1. The first-order valence-electron chi connectivity index (χ1n) is 8.61. The second kappa shape index (κ2) is 7.55. The van der Waals surface area contributed by atoms with E-state index in [1.54, 1.807) is 24.0 Å². The van der Waals surface area contributed by atoms with Crippen molar-refractivity contribution in [3.8, 4) is 0 Å². The van der Waals surface area contributed by atoms with Crippen LogP contribution in [0, 0.1) is 5.92 Å². The van der Waals surface area contributed by atoms with Crippen LogP contribution in [0.5, 0.6) is 0 Å². The Hall–Kier alpha value is -1.56. The Morgan fingerprint density at radius 1 is 1.25 bits per heavy atom. The van der Waals surface area contributed by atoms with Gasteiger partial charge < -0.3 is 4.90 Å². The van der Waals surface area contributed by atoms with Gasteiger partial charge in [-0.05, 0) is 49.8 Å². The van der Waals surface area contributed by atoms with Gasteiger partial charge in [-0.15, -0.1) is 0 Å². The molecule has 0 bridgehead atoms. The van der Waals surface area contributed by atoms with Crippen molar-refractivity contribution in [3.05, 3.63) is 29.8 Å². The summed E-state index contributed by atoms with van der Waals surface area (Å²) < 4.78 is 25.9. The summed E-state index contributed by atoms with van der Waals surface area (Å²) in [6.45, 7) is 7.32. The van der Waals surface area contributed by atoms with E-state index in [1.165, 1.54) is 4.31 Å². The number of hydrogen-bond acceptors (Lipinski definition) is 3. The van der Waals surface area contributed by atoms with Crippen molar-refractivity contribution in [3.63, 3.8) is 0 Å². The minimum absolute atomic E-state index is 0.119. The maximum Gasteiger partial charge on any atom is 0.246 e. The first-order valence-corrected chi connectivity index (χ1v) is 10.5. The van der Waals surface area contributed by atoms with Gasteiger partial charge >= 0.3 is 0 Å². The van der Waals surface area contributed by atoms with Gasteiger partial charge in [-0.3, -0.25) is 9.10 Å². The Morgan fingerprint density at radius 2 is 1.79 bits per heavy atom. The van der Waals surface area contributed by atoms with Gasteiger partial charge in [-0.1, -0.05) is 26.0 Å². The average molecular weight is 352 g/mol. The number of carbonyl (C=O) groups is 1. The van der Waals surface area contributed by atoms with E-state index < -0.39 is 16.1 Å². The third-order valence-electron chi connectivity index (χ3n) is 4.76. The van der Waals surface area contributed by atoms with Gasteiger partial charge in [0.2, 0.25) is 15.9 Å². The van der Waals surface area contributed by atoms with Gasteiger partial charge in [0.1, 0.15) is 6.04 Å². The molecule has 5 nitrogen and oxygen atoms in total. The van der Waals surface area contributed by atoms with Crippen LogP contribution in [0.25, 0.3) is 0 Å². The van der Waals surface area contributed by atoms with E-state index in [9.17, 15) is 13.2 Å². The number of hydrogen-bond donors (Lipinski definition) is 0. The topological polar surface area (TPSA) is 57.7 Å². The van der Waals surface area contributed by atoms with E-state index >= 15 is 0 Å². The number of amides is 1. The molecule has 1 aromatic rings. The lowest BCUT2D eigenvalue weighted by molar-refractivity contribution is -0.133. The summed E-state index contributed by atoms with van der Waals surface area (Å²) in [5.74, 6) is 0.504. The Morgan fingerprint density at radius 3 is 2.25 bits per heavy atom. The number of rotatable bonds is 5. The van der Waals surface area contributed by atoms with E-state index in [0.717, 1.165) is 31.1 Å². The molecule has 0 aromatic heterocycles. The van der Waals surface area contributed by atoms with Crippen molar-refractivity contribution in [2.24, 2.45) is 5.92 Å². The second-order valence-corrected chi connectivity index (χ2v) is 8.62. The van der Waals surface area contributed by atoms with Crippen LogP contribution in [-0.4, -0.2) is 44.6 Å². The predicted octanol–water partition coefficient (Wildman–Crippen LogP) is 2.66. The fourth-order valence-corrected chi connectivity index (χ4v) is 4.34. The van der Waals surface area contributed by atoms with Crippen molar-refractivity contribution in [2.45, 2.75) is 46.1 Å². The maximum absolute atomic E-state index is 12.8. The van der Waals surface area contributed by atoms with Crippen molar-refractivity contribution in [1.29, 1.82) is 0 Å². The van der Waals surface area contributed by atoms with Crippen LogP contribution in [0.15, 0.2) is 24.3 Å². The highest BCUT2D eigenvalue weighted by Crippen LogP contribution is 2.24. The molecule has 0 saturated carbocycles. The van der Waals surface area contributed by atoms with Gasteiger partial charge in [0, 0.05) is 13.1 Å². The van der Waals surface area contributed by atoms with Crippen LogP contribution in [-0.2, 0) is 21.2 Å². The van der Waals surface area contributed by atoms with Gasteiger partial charge in [-0.25, -0.2) is 8.42 Å². The molecule has 1 atom stereocenters. The zero-order valence-corrected chi connectivity index (χ0v) is 15.8. The Labute approximate surface area is 145 Å². The summed E-state index contributed by atoms with van der Waals surface area (Å²) in [5, 5.41) is 0. The standard InChI is InChI=1S/C18H28N2O3S/c1-5-16-6-8-17(9-7-16)20(24(4,22)23)15(3)18(21)19-12-10-14(2)11-13-19/h6-9,14-15H,5,10-13H2,1-4H3. The summed E-state index contributed by atoms with van der Waals surface area (Å²) in [6, 6.07) is 6.64. The minimum Gasteiger partial charge on any atom is -0.341 e.